The Morgan fingerprint density at radius 2 is 1.90 bits per heavy atom. The molecule has 0 radical (unpaired) electrons. The van der Waals surface area contributed by atoms with Gasteiger partial charge in [-0.05, 0) is 29.7 Å². The molecule has 0 saturated heterocycles. The van der Waals surface area contributed by atoms with E-state index in [0.29, 0.717) is 5.56 Å². The zero-order valence-electron chi connectivity index (χ0n) is 12.5. The molecule has 0 aromatic heterocycles. The molecule has 3 heteroatoms. The standard InChI is InChI=1S/C18H22N2O/c1-2-3-4-5-8-14-19-20-18(21)17-13-9-11-15-10-6-7-12-16(15)17/h6-7,9-14H,2-5,8H2,1H3,(H,20,21)/b19-14+. The lowest BCUT2D eigenvalue weighted by atomic mass is 10.0. The summed E-state index contributed by atoms with van der Waals surface area (Å²) < 4.78 is 0. The molecule has 0 bridgehead atoms. The van der Waals surface area contributed by atoms with Crippen LogP contribution in [0.3, 0.4) is 0 Å². The molecule has 0 atom stereocenters. The lowest BCUT2D eigenvalue weighted by Gasteiger charge is -2.04. The lowest BCUT2D eigenvalue weighted by Crippen LogP contribution is -2.17. The van der Waals surface area contributed by atoms with Gasteiger partial charge in [-0.2, -0.15) is 5.10 Å². The molecule has 21 heavy (non-hydrogen) atoms. The summed E-state index contributed by atoms with van der Waals surface area (Å²) in [6.45, 7) is 2.19. The number of hydrogen-bond donors (Lipinski definition) is 1. The lowest BCUT2D eigenvalue weighted by molar-refractivity contribution is 0.0956. The zero-order valence-corrected chi connectivity index (χ0v) is 12.5. The van der Waals surface area contributed by atoms with Crippen molar-refractivity contribution in [3.8, 4) is 0 Å². The second-order valence-corrected chi connectivity index (χ2v) is 5.13. The summed E-state index contributed by atoms with van der Waals surface area (Å²) in [5.41, 5.74) is 3.28. The molecular formula is C18H22N2O. The van der Waals surface area contributed by atoms with E-state index >= 15 is 0 Å². The summed E-state index contributed by atoms with van der Waals surface area (Å²) in [7, 11) is 0. The Morgan fingerprint density at radius 3 is 2.76 bits per heavy atom. The van der Waals surface area contributed by atoms with Crippen LogP contribution in [0.2, 0.25) is 0 Å². The number of carbonyl (C=O) groups is 1. The Kier molecular flexibility index (Phi) is 5.95. The molecule has 110 valence electrons. The average Bonchev–Trinajstić information content (AvgIpc) is 2.53. The number of hydrazone groups is 1. The van der Waals surface area contributed by atoms with Crippen LogP contribution in [0.4, 0.5) is 0 Å². The molecule has 0 aliphatic carbocycles. The minimum Gasteiger partial charge on any atom is -0.267 e. The maximum Gasteiger partial charge on any atom is 0.271 e. The number of unbranched alkanes of at least 4 members (excludes halogenated alkanes) is 4. The second-order valence-electron chi connectivity index (χ2n) is 5.13. The van der Waals surface area contributed by atoms with E-state index in [9.17, 15) is 4.79 Å². The first-order valence-corrected chi connectivity index (χ1v) is 7.62. The minimum absolute atomic E-state index is 0.156. The van der Waals surface area contributed by atoms with Gasteiger partial charge in [0, 0.05) is 11.8 Å². The molecule has 2 aromatic rings. The van der Waals surface area contributed by atoms with E-state index in [4.69, 9.17) is 0 Å². The Labute approximate surface area is 126 Å². The summed E-state index contributed by atoms with van der Waals surface area (Å²) in [5.74, 6) is -0.156. The van der Waals surface area contributed by atoms with E-state index in [1.165, 1.54) is 19.3 Å². The molecule has 1 N–H and O–H groups in total. The van der Waals surface area contributed by atoms with Gasteiger partial charge in [0.25, 0.3) is 5.91 Å². The molecule has 0 heterocycles. The molecule has 0 fully saturated rings. The first kappa shape index (κ1) is 15.2. The Balaban J connectivity index is 1.92. The third-order valence-electron chi connectivity index (χ3n) is 3.48. The normalized spacial score (nSPS) is 11.1. The van der Waals surface area contributed by atoms with Gasteiger partial charge in [-0.1, -0.05) is 62.6 Å². The summed E-state index contributed by atoms with van der Waals surface area (Å²) >= 11 is 0. The summed E-state index contributed by atoms with van der Waals surface area (Å²) in [4.78, 5) is 12.2. The van der Waals surface area contributed by atoms with Crippen LogP contribution in [0, 0.1) is 0 Å². The quantitative estimate of drug-likeness (QED) is 0.452. The molecule has 0 aliphatic heterocycles. The van der Waals surface area contributed by atoms with Crippen LogP contribution in [0.1, 0.15) is 49.4 Å². The molecule has 2 rings (SSSR count). The van der Waals surface area contributed by atoms with Crippen molar-refractivity contribution in [3.05, 3.63) is 48.0 Å². The molecule has 0 aliphatic rings. The molecule has 0 spiro atoms. The highest BCUT2D eigenvalue weighted by Gasteiger charge is 2.07. The number of rotatable bonds is 7. The van der Waals surface area contributed by atoms with Gasteiger partial charge in [-0.15, -0.1) is 0 Å². The minimum atomic E-state index is -0.156. The smallest absolute Gasteiger partial charge is 0.267 e. The average molecular weight is 282 g/mol. The van der Waals surface area contributed by atoms with Gasteiger partial charge >= 0.3 is 0 Å². The number of nitrogens with zero attached hydrogens (tertiary/aromatic N) is 1. The van der Waals surface area contributed by atoms with Gasteiger partial charge in [0.2, 0.25) is 0 Å². The first-order valence-electron chi connectivity index (χ1n) is 7.62. The van der Waals surface area contributed by atoms with Crippen molar-refractivity contribution in [3.63, 3.8) is 0 Å². The van der Waals surface area contributed by atoms with Crippen LogP contribution in [0.25, 0.3) is 10.8 Å². The van der Waals surface area contributed by atoms with Crippen molar-refractivity contribution < 1.29 is 4.79 Å². The molecule has 3 nitrogen and oxygen atoms in total. The number of carbonyl (C=O) groups excluding carboxylic acids is 1. The highest BCUT2D eigenvalue weighted by atomic mass is 16.2. The van der Waals surface area contributed by atoms with Crippen molar-refractivity contribution in [1.29, 1.82) is 0 Å². The predicted molar refractivity (Wildman–Crippen MR) is 88.7 cm³/mol. The van der Waals surface area contributed by atoms with Gasteiger partial charge in [0.15, 0.2) is 0 Å². The monoisotopic (exact) mass is 282 g/mol. The maximum absolute atomic E-state index is 12.2. The van der Waals surface area contributed by atoms with Crippen LogP contribution in [-0.4, -0.2) is 12.1 Å². The van der Waals surface area contributed by atoms with E-state index < -0.39 is 0 Å². The Morgan fingerprint density at radius 1 is 1.10 bits per heavy atom. The fourth-order valence-corrected chi connectivity index (χ4v) is 2.31. The predicted octanol–water partition coefficient (Wildman–Crippen LogP) is 4.53. The van der Waals surface area contributed by atoms with E-state index in [1.807, 2.05) is 42.5 Å². The van der Waals surface area contributed by atoms with Crippen LogP contribution < -0.4 is 5.43 Å². The van der Waals surface area contributed by atoms with Gasteiger partial charge < -0.3 is 0 Å². The van der Waals surface area contributed by atoms with Crippen molar-refractivity contribution in [2.75, 3.05) is 0 Å². The van der Waals surface area contributed by atoms with Crippen molar-refractivity contribution >= 4 is 22.9 Å². The van der Waals surface area contributed by atoms with E-state index in [2.05, 4.69) is 17.5 Å². The SMILES string of the molecule is CCCCCC/C=N/NC(=O)c1cccc2ccccc12. The maximum atomic E-state index is 12.2. The zero-order chi connectivity index (χ0) is 14.9. The first-order chi connectivity index (χ1) is 10.3. The number of nitrogens with one attached hydrogen (secondary N) is 1. The van der Waals surface area contributed by atoms with Crippen molar-refractivity contribution in [2.24, 2.45) is 5.10 Å². The van der Waals surface area contributed by atoms with Gasteiger partial charge in [-0.25, -0.2) is 5.43 Å². The van der Waals surface area contributed by atoms with E-state index in [-0.39, 0.29) is 5.91 Å². The fourth-order valence-electron chi connectivity index (χ4n) is 2.31. The highest BCUT2D eigenvalue weighted by Crippen LogP contribution is 2.18. The highest BCUT2D eigenvalue weighted by molar-refractivity contribution is 6.07. The Hall–Kier alpha value is -2.16. The van der Waals surface area contributed by atoms with Gasteiger partial charge in [-0.3, -0.25) is 4.79 Å². The summed E-state index contributed by atoms with van der Waals surface area (Å²) in [5, 5.41) is 6.05. The second kappa shape index (κ2) is 8.20. The number of benzene rings is 2. The third kappa shape index (κ3) is 4.42. The largest absolute Gasteiger partial charge is 0.271 e. The third-order valence-corrected chi connectivity index (χ3v) is 3.48. The van der Waals surface area contributed by atoms with Crippen LogP contribution in [-0.2, 0) is 0 Å². The van der Waals surface area contributed by atoms with Gasteiger partial charge in [0.05, 0.1) is 0 Å². The topological polar surface area (TPSA) is 41.5 Å². The summed E-state index contributed by atoms with van der Waals surface area (Å²) in [6.07, 6.45) is 7.54. The molecular weight excluding hydrogens is 260 g/mol. The van der Waals surface area contributed by atoms with Crippen LogP contribution in [0.15, 0.2) is 47.6 Å². The molecule has 1 amide bonds. The number of fused-ring (bicyclic) bond motifs is 1. The fraction of sp³-hybridized carbons (Fsp3) is 0.333. The summed E-state index contributed by atoms with van der Waals surface area (Å²) in [6, 6.07) is 13.6. The van der Waals surface area contributed by atoms with Crippen molar-refractivity contribution in [1.82, 2.24) is 5.43 Å². The molecule has 2 aromatic carbocycles. The number of amides is 1. The van der Waals surface area contributed by atoms with Gasteiger partial charge in [0.1, 0.15) is 0 Å². The van der Waals surface area contributed by atoms with Crippen molar-refractivity contribution in [2.45, 2.75) is 39.0 Å². The molecule has 0 saturated carbocycles. The van der Waals surface area contributed by atoms with E-state index in [1.54, 1.807) is 6.21 Å². The van der Waals surface area contributed by atoms with Crippen LogP contribution >= 0.6 is 0 Å². The van der Waals surface area contributed by atoms with Crippen LogP contribution in [0.5, 0.6) is 0 Å². The molecule has 0 unspecified atom stereocenters. The Bertz CT molecular complexity index is 614. The van der Waals surface area contributed by atoms with E-state index in [0.717, 1.165) is 23.6 Å². The number of hydrogen-bond acceptors (Lipinski definition) is 2.